The second kappa shape index (κ2) is 8.96. The smallest absolute Gasteiger partial charge is 0.295 e. The average molecular weight is 411 g/mol. The summed E-state index contributed by atoms with van der Waals surface area (Å²) in [5, 5.41) is 7.45. The maximum Gasteiger partial charge on any atom is 0.295 e. The number of amides is 1. The Morgan fingerprint density at radius 1 is 0.935 bits per heavy atom. The van der Waals surface area contributed by atoms with E-state index in [1.54, 1.807) is 4.68 Å². The summed E-state index contributed by atoms with van der Waals surface area (Å²) in [5.41, 5.74) is 5.11. The van der Waals surface area contributed by atoms with E-state index in [0.29, 0.717) is 12.3 Å². The first kappa shape index (κ1) is 20.5. The predicted molar refractivity (Wildman–Crippen MR) is 124 cm³/mol. The molecule has 0 saturated carbocycles. The third kappa shape index (κ3) is 4.89. The Labute approximate surface area is 182 Å². The van der Waals surface area contributed by atoms with E-state index >= 15 is 0 Å². The van der Waals surface area contributed by atoms with Crippen LogP contribution in [0.2, 0.25) is 0 Å². The molecule has 0 bridgehead atoms. The number of aryl methyl sites for hydroxylation is 1. The van der Waals surface area contributed by atoms with Crippen LogP contribution in [0.1, 0.15) is 52.9 Å². The lowest BCUT2D eigenvalue weighted by molar-refractivity contribution is 0.101. The number of anilines is 1. The SMILES string of the molecule is Cc1ccc(-n2nc(C(=O)Nc3ccc(C(C)C)cc3)nc2Cc2ccccc2)cc1. The summed E-state index contributed by atoms with van der Waals surface area (Å²) in [4.78, 5) is 17.5. The van der Waals surface area contributed by atoms with Crippen LogP contribution in [0.15, 0.2) is 78.9 Å². The van der Waals surface area contributed by atoms with Gasteiger partial charge in [-0.2, -0.15) is 0 Å². The average Bonchev–Trinajstić information content (AvgIpc) is 3.19. The van der Waals surface area contributed by atoms with Gasteiger partial charge in [0.1, 0.15) is 5.82 Å². The lowest BCUT2D eigenvalue weighted by Gasteiger charge is -2.07. The van der Waals surface area contributed by atoms with Gasteiger partial charge in [0.15, 0.2) is 0 Å². The largest absolute Gasteiger partial charge is 0.319 e. The van der Waals surface area contributed by atoms with Crippen LogP contribution in [0.5, 0.6) is 0 Å². The molecule has 0 atom stereocenters. The molecule has 0 fully saturated rings. The molecular weight excluding hydrogens is 384 g/mol. The molecule has 0 aliphatic rings. The zero-order valence-corrected chi connectivity index (χ0v) is 18.0. The lowest BCUT2D eigenvalue weighted by atomic mass is 10.0. The Hall–Kier alpha value is -3.73. The quantitative estimate of drug-likeness (QED) is 0.454. The van der Waals surface area contributed by atoms with Crippen LogP contribution in [0, 0.1) is 6.92 Å². The third-order valence-electron chi connectivity index (χ3n) is 5.20. The normalized spacial score (nSPS) is 11.0. The highest BCUT2D eigenvalue weighted by atomic mass is 16.2. The van der Waals surface area contributed by atoms with Gasteiger partial charge >= 0.3 is 0 Å². The number of hydrogen-bond donors (Lipinski definition) is 1. The van der Waals surface area contributed by atoms with E-state index in [-0.39, 0.29) is 11.7 Å². The number of benzene rings is 3. The number of hydrogen-bond acceptors (Lipinski definition) is 3. The van der Waals surface area contributed by atoms with Crippen molar-refractivity contribution in [2.45, 2.75) is 33.1 Å². The first-order valence-electron chi connectivity index (χ1n) is 10.5. The first-order valence-corrected chi connectivity index (χ1v) is 10.5. The van der Waals surface area contributed by atoms with Crippen molar-refractivity contribution < 1.29 is 4.79 Å². The van der Waals surface area contributed by atoms with Crippen LogP contribution >= 0.6 is 0 Å². The third-order valence-corrected chi connectivity index (χ3v) is 5.20. The van der Waals surface area contributed by atoms with Crippen molar-refractivity contribution in [1.29, 1.82) is 0 Å². The number of nitrogens with zero attached hydrogens (tertiary/aromatic N) is 3. The van der Waals surface area contributed by atoms with Crippen LogP contribution < -0.4 is 5.32 Å². The zero-order valence-electron chi connectivity index (χ0n) is 18.0. The summed E-state index contributed by atoms with van der Waals surface area (Å²) in [6.07, 6.45) is 0.581. The summed E-state index contributed by atoms with van der Waals surface area (Å²) in [7, 11) is 0. The predicted octanol–water partition coefficient (Wildman–Crippen LogP) is 5.54. The van der Waals surface area contributed by atoms with Gasteiger partial charge in [-0.15, -0.1) is 5.10 Å². The monoisotopic (exact) mass is 410 g/mol. The van der Waals surface area contributed by atoms with E-state index in [9.17, 15) is 4.79 Å². The second-order valence-electron chi connectivity index (χ2n) is 7.99. The standard InChI is InChI=1S/C26H26N4O/c1-18(2)21-11-13-22(14-12-21)27-26(31)25-28-24(17-20-7-5-4-6-8-20)30(29-25)23-15-9-19(3)10-16-23/h4-16,18H,17H2,1-3H3,(H,27,31). The second-order valence-corrected chi connectivity index (χ2v) is 7.99. The van der Waals surface area contributed by atoms with Crippen LogP contribution in [0.3, 0.4) is 0 Å². The Morgan fingerprint density at radius 2 is 1.61 bits per heavy atom. The number of carbonyl (C=O) groups excluding carboxylic acids is 1. The molecular formula is C26H26N4O. The summed E-state index contributed by atoms with van der Waals surface area (Å²) in [5.74, 6) is 0.990. The molecule has 5 nitrogen and oxygen atoms in total. The molecule has 4 aromatic rings. The van der Waals surface area contributed by atoms with Crippen molar-refractivity contribution in [2.24, 2.45) is 0 Å². The molecule has 156 valence electrons. The summed E-state index contributed by atoms with van der Waals surface area (Å²) in [6.45, 7) is 6.33. The number of aromatic nitrogens is 3. The van der Waals surface area contributed by atoms with Crippen LogP contribution in [-0.4, -0.2) is 20.7 Å². The zero-order chi connectivity index (χ0) is 21.8. The van der Waals surface area contributed by atoms with Crippen LogP contribution in [-0.2, 0) is 6.42 Å². The first-order chi connectivity index (χ1) is 15.0. The molecule has 0 unspecified atom stereocenters. The van der Waals surface area contributed by atoms with Crippen LogP contribution in [0.4, 0.5) is 5.69 Å². The molecule has 0 radical (unpaired) electrons. The minimum atomic E-state index is -0.322. The van der Waals surface area contributed by atoms with E-state index in [2.05, 4.69) is 29.2 Å². The highest BCUT2D eigenvalue weighted by Crippen LogP contribution is 2.19. The van der Waals surface area contributed by atoms with Gasteiger partial charge < -0.3 is 5.32 Å². The Balaban J connectivity index is 1.63. The van der Waals surface area contributed by atoms with Gasteiger partial charge in [0.05, 0.1) is 5.69 Å². The molecule has 1 amide bonds. The van der Waals surface area contributed by atoms with E-state index in [0.717, 1.165) is 28.3 Å². The molecule has 3 aromatic carbocycles. The van der Waals surface area contributed by atoms with Gasteiger partial charge in [0.25, 0.3) is 5.91 Å². The maximum atomic E-state index is 12.9. The van der Waals surface area contributed by atoms with Gasteiger partial charge in [-0.3, -0.25) is 4.79 Å². The summed E-state index contributed by atoms with van der Waals surface area (Å²) in [6, 6.07) is 26.0. The molecule has 31 heavy (non-hydrogen) atoms. The lowest BCUT2D eigenvalue weighted by Crippen LogP contribution is -2.14. The molecule has 0 spiro atoms. The summed E-state index contributed by atoms with van der Waals surface area (Å²) >= 11 is 0. The number of carbonyl (C=O) groups is 1. The fourth-order valence-corrected chi connectivity index (χ4v) is 3.36. The van der Waals surface area contributed by atoms with Crippen molar-refractivity contribution in [3.63, 3.8) is 0 Å². The highest BCUT2D eigenvalue weighted by Gasteiger charge is 2.18. The molecule has 4 rings (SSSR count). The van der Waals surface area contributed by atoms with Crippen molar-refractivity contribution >= 4 is 11.6 Å². The fraction of sp³-hybridized carbons (Fsp3) is 0.192. The van der Waals surface area contributed by atoms with E-state index < -0.39 is 0 Å². The van der Waals surface area contributed by atoms with Crippen LogP contribution in [0.25, 0.3) is 5.69 Å². The van der Waals surface area contributed by atoms with Crippen molar-refractivity contribution in [2.75, 3.05) is 5.32 Å². The highest BCUT2D eigenvalue weighted by molar-refractivity contribution is 6.01. The van der Waals surface area contributed by atoms with Gasteiger partial charge in [0, 0.05) is 12.1 Å². The van der Waals surface area contributed by atoms with Crippen molar-refractivity contribution in [1.82, 2.24) is 14.8 Å². The minimum absolute atomic E-state index is 0.152. The van der Waals surface area contributed by atoms with Crippen molar-refractivity contribution in [3.05, 3.63) is 107 Å². The van der Waals surface area contributed by atoms with Crippen molar-refractivity contribution in [3.8, 4) is 5.69 Å². The number of nitrogens with one attached hydrogen (secondary N) is 1. The molecule has 0 saturated heterocycles. The molecule has 0 aliphatic heterocycles. The van der Waals surface area contributed by atoms with Gasteiger partial charge in [0.2, 0.25) is 5.82 Å². The molecule has 5 heteroatoms. The number of rotatable bonds is 6. The molecule has 1 heterocycles. The Morgan fingerprint density at radius 3 is 2.26 bits per heavy atom. The Kier molecular flexibility index (Phi) is 5.94. The van der Waals surface area contributed by atoms with Gasteiger partial charge in [-0.05, 0) is 48.2 Å². The molecule has 0 aliphatic carbocycles. The van der Waals surface area contributed by atoms with E-state index in [1.165, 1.54) is 5.56 Å². The minimum Gasteiger partial charge on any atom is -0.319 e. The molecule has 1 aromatic heterocycles. The topological polar surface area (TPSA) is 59.8 Å². The van der Waals surface area contributed by atoms with E-state index in [4.69, 9.17) is 0 Å². The van der Waals surface area contributed by atoms with Gasteiger partial charge in [-0.1, -0.05) is 74.0 Å². The molecule has 1 N–H and O–H groups in total. The maximum absolute atomic E-state index is 12.9. The summed E-state index contributed by atoms with van der Waals surface area (Å²) < 4.78 is 1.75. The van der Waals surface area contributed by atoms with Gasteiger partial charge in [-0.25, -0.2) is 9.67 Å². The fourth-order valence-electron chi connectivity index (χ4n) is 3.36. The Bertz CT molecular complexity index is 1160. The van der Waals surface area contributed by atoms with E-state index in [1.807, 2.05) is 85.8 Å².